The molecule has 2 fully saturated rings. The molecule has 0 radical (unpaired) electrons. The molecule has 0 spiro atoms. The lowest BCUT2D eigenvalue weighted by Gasteiger charge is -2.20. The number of benzene rings is 1. The maximum atomic E-state index is 13.3. The molecule has 116 valence electrons. The summed E-state index contributed by atoms with van der Waals surface area (Å²) in [4.78, 5) is 22.3. The largest absolute Gasteiger partial charge is 0.342 e. The second-order valence-corrected chi connectivity index (χ2v) is 6.53. The number of imidazole rings is 1. The van der Waals surface area contributed by atoms with Gasteiger partial charge in [0.05, 0.1) is 11.0 Å². The Balaban J connectivity index is 1.50. The molecular weight excluding hydrogens is 281 g/mol. The molecule has 0 bridgehead atoms. The molecule has 2 heterocycles. The van der Waals surface area contributed by atoms with Crippen LogP contribution in [0.1, 0.15) is 43.8 Å². The predicted octanol–water partition coefficient (Wildman–Crippen LogP) is 3.21. The van der Waals surface area contributed by atoms with Crippen molar-refractivity contribution in [3.63, 3.8) is 0 Å². The van der Waals surface area contributed by atoms with E-state index in [9.17, 15) is 9.18 Å². The number of carbonyl (C=O) groups is 1. The van der Waals surface area contributed by atoms with Crippen LogP contribution in [-0.2, 0) is 4.79 Å². The fourth-order valence-electron chi connectivity index (χ4n) is 3.81. The number of hydrogen-bond donors (Lipinski definition) is 1. The number of hydrogen-bond acceptors (Lipinski definition) is 2. The summed E-state index contributed by atoms with van der Waals surface area (Å²) in [6, 6.07) is 4.60. The molecule has 1 aliphatic carbocycles. The second-order valence-electron chi connectivity index (χ2n) is 6.53. The van der Waals surface area contributed by atoms with Gasteiger partial charge in [0.25, 0.3) is 0 Å². The molecule has 4 rings (SSSR count). The van der Waals surface area contributed by atoms with Gasteiger partial charge in [0.1, 0.15) is 11.6 Å². The summed E-state index contributed by atoms with van der Waals surface area (Å²) in [5, 5.41) is 0. The summed E-state index contributed by atoms with van der Waals surface area (Å²) in [6.45, 7) is 1.54. The van der Waals surface area contributed by atoms with Gasteiger partial charge in [0, 0.05) is 24.9 Å². The number of fused-ring (bicyclic) bond motifs is 1. The van der Waals surface area contributed by atoms with Crippen LogP contribution in [-0.4, -0.2) is 33.9 Å². The van der Waals surface area contributed by atoms with Gasteiger partial charge in [-0.25, -0.2) is 9.37 Å². The van der Waals surface area contributed by atoms with Crippen molar-refractivity contribution in [1.29, 1.82) is 0 Å². The molecule has 1 saturated carbocycles. The molecule has 1 aromatic heterocycles. The number of aromatic nitrogens is 2. The number of nitrogens with one attached hydrogen (secondary N) is 1. The molecule has 1 aromatic carbocycles. The minimum atomic E-state index is -0.257. The predicted molar refractivity (Wildman–Crippen MR) is 81.9 cm³/mol. The topological polar surface area (TPSA) is 49.0 Å². The fraction of sp³-hybridized carbons (Fsp3) is 0.529. The van der Waals surface area contributed by atoms with Crippen LogP contribution in [0.5, 0.6) is 0 Å². The number of rotatable bonds is 2. The van der Waals surface area contributed by atoms with Crippen LogP contribution in [0.25, 0.3) is 11.0 Å². The molecule has 2 aliphatic rings. The summed E-state index contributed by atoms with van der Waals surface area (Å²) >= 11 is 0. The average Bonchev–Trinajstić information content (AvgIpc) is 3.25. The van der Waals surface area contributed by atoms with Gasteiger partial charge in [-0.15, -0.1) is 0 Å². The summed E-state index contributed by atoms with van der Waals surface area (Å²) in [6.07, 6.45) is 5.39. The van der Waals surface area contributed by atoms with E-state index in [0.29, 0.717) is 5.91 Å². The lowest BCUT2D eigenvalue weighted by molar-refractivity contribution is -0.134. The Labute approximate surface area is 128 Å². The van der Waals surface area contributed by atoms with Crippen molar-refractivity contribution in [2.45, 2.75) is 38.0 Å². The van der Waals surface area contributed by atoms with E-state index in [-0.39, 0.29) is 17.7 Å². The van der Waals surface area contributed by atoms with Gasteiger partial charge in [-0.3, -0.25) is 4.79 Å². The van der Waals surface area contributed by atoms with Gasteiger partial charge in [-0.1, -0.05) is 12.8 Å². The first-order valence-electron chi connectivity index (χ1n) is 8.14. The van der Waals surface area contributed by atoms with Crippen LogP contribution >= 0.6 is 0 Å². The third-order valence-corrected chi connectivity index (χ3v) is 5.05. The Hall–Kier alpha value is -1.91. The average molecular weight is 301 g/mol. The van der Waals surface area contributed by atoms with Crippen molar-refractivity contribution >= 4 is 16.9 Å². The molecule has 1 aliphatic heterocycles. The highest BCUT2D eigenvalue weighted by molar-refractivity contribution is 5.79. The van der Waals surface area contributed by atoms with Crippen molar-refractivity contribution in [3.05, 3.63) is 29.8 Å². The molecule has 1 unspecified atom stereocenters. The number of carbonyl (C=O) groups excluding carboxylic acids is 1. The van der Waals surface area contributed by atoms with Gasteiger partial charge in [0.15, 0.2) is 0 Å². The summed E-state index contributed by atoms with van der Waals surface area (Å²) in [5.74, 6) is 1.42. The van der Waals surface area contributed by atoms with E-state index in [1.165, 1.54) is 25.0 Å². The third-order valence-electron chi connectivity index (χ3n) is 5.05. The van der Waals surface area contributed by atoms with Crippen LogP contribution in [0, 0.1) is 11.7 Å². The van der Waals surface area contributed by atoms with Gasteiger partial charge >= 0.3 is 0 Å². The number of aromatic amines is 1. The van der Waals surface area contributed by atoms with Gasteiger partial charge in [-0.05, 0) is 37.5 Å². The molecule has 1 atom stereocenters. The Morgan fingerprint density at radius 2 is 2.09 bits per heavy atom. The first-order valence-corrected chi connectivity index (χ1v) is 8.14. The Bertz CT molecular complexity index is 705. The molecule has 1 N–H and O–H groups in total. The van der Waals surface area contributed by atoms with Crippen LogP contribution in [0.2, 0.25) is 0 Å². The molecule has 4 nitrogen and oxygen atoms in total. The SMILES string of the molecule is O=C(C1CCCC1)N1CCC(c2nc3ccc(F)cc3[nH]2)C1. The number of halogens is 1. The standard InChI is InChI=1S/C17H20FN3O/c18-13-5-6-14-15(9-13)20-16(19-14)12-7-8-21(10-12)17(22)11-3-1-2-4-11/h5-6,9,11-12H,1-4,7-8,10H2,(H,19,20). The number of nitrogens with zero attached hydrogens (tertiary/aromatic N) is 2. The maximum absolute atomic E-state index is 13.3. The number of likely N-dealkylation sites (tertiary alicyclic amines) is 1. The smallest absolute Gasteiger partial charge is 0.225 e. The summed E-state index contributed by atoms with van der Waals surface area (Å²) in [7, 11) is 0. The molecule has 5 heteroatoms. The van der Waals surface area contributed by atoms with Crippen molar-refractivity contribution in [2.24, 2.45) is 5.92 Å². The van der Waals surface area contributed by atoms with Crippen molar-refractivity contribution in [1.82, 2.24) is 14.9 Å². The van der Waals surface area contributed by atoms with Crippen molar-refractivity contribution < 1.29 is 9.18 Å². The molecule has 2 aromatic rings. The van der Waals surface area contributed by atoms with E-state index in [2.05, 4.69) is 9.97 Å². The second kappa shape index (κ2) is 5.38. The minimum Gasteiger partial charge on any atom is -0.342 e. The van der Waals surface area contributed by atoms with Crippen LogP contribution in [0.15, 0.2) is 18.2 Å². The third kappa shape index (κ3) is 2.38. The molecule has 1 amide bonds. The van der Waals surface area contributed by atoms with E-state index < -0.39 is 0 Å². The first-order chi connectivity index (χ1) is 10.7. The Morgan fingerprint density at radius 3 is 2.91 bits per heavy atom. The fourth-order valence-corrected chi connectivity index (χ4v) is 3.81. The van der Waals surface area contributed by atoms with Gasteiger partial charge < -0.3 is 9.88 Å². The monoisotopic (exact) mass is 301 g/mol. The van der Waals surface area contributed by atoms with Crippen molar-refractivity contribution in [2.75, 3.05) is 13.1 Å². The number of H-pyrrole nitrogens is 1. The summed E-state index contributed by atoms with van der Waals surface area (Å²) < 4.78 is 13.3. The zero-order valence-electron chi connectivity index (χ0n) is 12.5. The highest BCUT2D eigenvalue weighted by Crippen LogP contribution is 2.32. The van der Waals surface area contributed by atoms with E-state index in [1.807, 2.05) is 4.90 Å². The Kier molecular flexibility index (Phi) is 3.36. The first kappa shape index (κ1) is 13.7. The lowest BCUT2D eigenvalue weighted by atomic mass is 10.1. The summed E-state index contributed by atoms with van der Waals surface area (Å²) in [5.41, 5.74) is 1.52. The van der Waals surface area contributed by atoms with Crippen LogP contribution in [0.4, 0.5) is 4.39 Å². The zero-order valence-corrected chi connectivity index (χ0v) is 12.5. The molecule has 22 heavy (non-hydrogen) atoms. The van der Waals surface area contributed by atoms with Crippen LogP contribution < -0.4 is 0 Å². The van der Waals surface area contributed by atoms with E-state index in [1.54, 1.807) is 6.07 Å². The van der Waals surface area contributed by atoms with E-state index in [4.69, 9.17) is 0 Å². The molecular formula is C17H20FN3O. The Morgan fingerprint density at radius 1 is 1.27 bits per heavy atom. The van der Waals surface area contributed by atoms with Gasteiger partial charge in [0.2, 0.25) is 5.91 Å². The van der Waals surface area contributed by atoms with Crippen molar-refractivity contribution in [3.8, 4) is 0 Å². The lowest BCUT2D eigenvalue weighted by Crippen LogP contribution is -2.33. The normalized spacial score (nSPS) is 22.8. The molecule has 1 saturated heterocycles. The minimum absolute atomic E-state index is 0.237. The quantitative estimate of drug-likeness (QED) is 0.926. The maximum Gasteiger partial charge on any atom is 0.225 e. The van der Waals surface area contributed by atoms with Crippen LogP contribution in [0.3, 0.4) is 0 Å². The zero-order chi connectivity index (χ0) is 15.1. The van der Waals surface area contributed by atoms with E-state index >= 15 is 0 Å². The highest BCUT2D eigenvalue weighted by Gasteiger charge is 2.33. The van der Waals surface area contributed by atoms with E-state index in [0.717, 1.165) is 49.2 Å². The highest BCUT2D eigenvalue weighted by atomic mass is 19.1. The van der Waals surface area contributed by atoms with Gasteiger partial charge in [-0.2, -0.15) is 0 Å². The number of amides is 1.